The lowest BCUT2D eigenvalue weighted by Crippen LogP contribution is -2.48. The van der Waals surface area contributed by atoms with E-state index in [0.29, 0.717) is 24.8 Å². The number of aliphatic carboxylic acids is 1. The van der Waals surface area contributed by atoms with Crippen molar-refractivity contribution < 1.29 is 14.7 Å². The minimum absolute atomic E-state index is 0.400. The summed E-state index contributed by atoms with van der Waals surface area (Å²) < 4.78 is 0. The molecule has 0 saturated heterocycles. The van der Waals surface area contributed by atoms with Gasteiger partial charge in [0.15, 0.2) is 0 Å². The maximum absolute atomic E-state index is 11.7. The third-order valence-corrected chi connectivity index (χ3v) is 4.56. The highest BCUT2D eigenvalue weighted by atomic mass is 32.2. The van der Waals surface area contributed by atoms with Crippen LogP contribution in [0.4, 0.5) is 4.79 Å². The summed E-state index contributed by atoms with van der Waals surface area (Å²) >= 11 is 1.57. The smallest absolute Gasteiger partial charge is 0.326 e. The van der Waals surface area contributed by atoms with Crippen LogP contribution in [0.25, 0.3) is 0 Å². The third kappa shape index (κ3) is 7.04. The van der Waals surface area contributed by atoms with Crippen molar-refractivity contribution in [3.63, 3.8) is 0 Å². The lowest BCUT2D eigenvalue weighted by Gasteiger charge is -2.24. The normalized spacial score (nSPS) is 16.9. The number of rotatable bonds is 9. The number of urea groups is 1. The molecule has 1 unspecified atom stereocenters. The van der Waals surface area contributed by atoms with Gasteiger partial charge in [-0.2, -0.15) is 11.8 Å². The zero-order valence-electron chi connectivity index (χ0n) is 12.9. The number of carboxylic acid groups (broad SMARTS) is 1. The molecule has 1 atom stereocenters. The molecule has 0 heterocycles. The van der Waals surface area contributed by atoms with Crippen molar-refractivity contribution in [3.05, 3.63) is 0 Å². The molecule has 1 saturated carbocycles. The molecule has 0 aromatic heterocycles. The number of amides is 2. The molecule has 0 aromatic rings. The van der Waals surface area contributed by atoms with Gasteiger partial charge in [0.2, 0.25) is 0 Å². The van der Waals surface area contributed by atoms with Crippen LogP contribution in [0.1, 0.15) is 32.1 Å². The Bertz CT molecular complexity index is 335. The van der Waals surface area contributed by atoms with Crippen molar-refractivity contribution in [1.29, 1.82) is 0 Å². The average Bonchev–Trinajstić information content (AvgIpc) is 2.97. The highest BCUT2D eigenvalue weighted by Crippen LogP contribution is 2.21. The largest absolute Gasteiger partial charge is 0.480 e. The van der Waals surface area contributed by atoms with Crippen LogP contribution in [0.15, 0.2) is 0 Å². The van der Waals surface area contributed by atoms with Crippen LogP contribution in [0.5, 0.6) is 0 Å². The van der Waals surface area contributed by atoms with Crippen molar-refractivity contribution in [2.75, 3.05) is 32.1 Å². The molecule has 21 heavy (non-hydrogen) atoms. The maximum atomic E-state index is 11.7. The van der Waals surface area contributed by atoms with Crippen molar-refractivity contribution in [3.8, 4) is 0 Å². The lowest BCUT2D eigenvalue weighted by molar-refractivity contribution is -0.139. The number of carbonyl (C=O) groups excluding carboxylic acids is 1. The number of nitrogens with one attached hydrogen (secondary N) is 2. The molecule has 6 nitrogen and oxygen atoms in total. The van der Waals surface area contributed by atoms with Gasteiger partial charge in [-0.25, -0.2) is 9.59 Å². The van der Waals surface area contributed by atoms with E-state index in [1.54, 1.807) is 11.8 Å². The van der Waals surface area contributed by atoms with Crippen LogP contribution < -0.4 is 10.6 Å². The molecule has 1 aliphatic carbocycles. The summed E-state index contributed by atoms with van der Waals surface area (Å²) in [4.78, 5) is 25.0. The molecule has 3 N–H and O–H groups in total. The van der Waals surface area contributed by atoms with Gasteiger partial charge in [-0.3, -0.25) is 0 Å². The number of hydrogen-bond acceptors (Lipinski definition) is 4. The minimum atomic E-state index is -0.984. The van der Waals surface area contributed by atoms with E-state index in [2.05, 4.69) is 22.6 Å². The van der Waals surface area contributed by atoms with Gasteiger partial charge in [0, 0.05) is 19.1 Å². The summed E-state index contributed by atoms with van der Waals surface area (Å²) in [5.41, 5.74) is 0. The number of carboxylic acids is 1. The Morgan fingerprint density at radius 2 is 2.05 bits per heavy atom. The summed E-state index contributed by atoms with van der Waals surface area (Å²) in [7, 11) is 2.08. The zero-order valence-corrected chi connectivity index (χ0v) is 13.7. The van der Waals surface area contributed by atoms with E-state index in [-0.39, 0.29) is 0 Å². The summed E-state index contributed by atoms with van der Waals surface area (Å²) in [6.45, 7) is 1.33. The second-order valence-electron chi connectivity index (χ2n) is 5.49. The topological polar surface area (TPSA) is 81.7 Å². The number of thioether (sulfide) groups is 1. The zero-order chi connectivity index (χ0) is 15.7. The molecule has 0 aliphatic heterocycles. The van der Waals surface area contributed by atoms with Crippen LogP contribution in [0, 0.1) is 0 Å². The van der Waals surface area contributed by atoms with Crippen LogP contribution in [-0.4, -0.2) is 66.2 Å². The number of nitrogens with zero attached hydrogens (tertiary/aromatic N) is 1. The van der Waals surface area contributed by atoms with Gasteiger partial charge >= 0.3 is 12.0 Å². The van der Waals surface area contributed by atoms with Gasteiger partial charge in [-0.05, 0) is 38.3 Å². The SMILES string of the molecule is CSCCC(NC(=O)NCCN(C)C1CCCC1)C(=O)O. The molecular weight excluding hydrogens is 290 g/mol. The second-order valence-corrected chi connectivity index (χ2v) is 6.48. The van der Waals surface area contributed by atoms with Gasteiger partial charge < -0.3 is 20.6 Å². The molecule has 7 heteroatoms. The van der Waals surface area contributed by atoms with Crippen molar-refractivity contribution in [1.82, 2.24) is 15.5 Å². The molecular formula is C14H27N3O3S. The van der Waals surface area contributed by atoms with E-state index in [1.807, 2.05) is 6.26 Å². The highest BCUT2D eigenvalue weighted by Gasteiger charge is 2.20. The standard InChI is InChI=1S/C14H27N3O3S/c1-17(11-5-3-4-6-11)9-8-15-14(20)16-12(13(18)19)7-10-21-2/h11-12H,3-10H2,1-2H3,(H,18,19)(H2,15,16,20). The number of hydrogen-bond donors (Lipinski definition) is 3. The number of carbonyl (C=O) groups is 2. The predicted molar refractivity (Wildman–Crippen MR) is 85.8 cm³/mol. The van der Waals surface area contributed by atoms with E-state index in [0.717, 1.165) is 6.54 Å². The fourth-order valence-corrected chi connectivity index (χ4v) is 3.05. The summed E-state index contributed by atoms with van der Waals surface area (Å²) in [6.07, 6.45) is 7.40. The van der Waals surface area contributed by atoms with E-state index >= 15 is 0 Å². The van der Waals surface area contributed by atoms with Crippen LogP contribution in [0.2, 0.25) is 0 Å². The summed E-state index contributed by atoms with van der Waals surface area (Å²) in [6, 6.07) is -0.587. The van der Waals surface area contributed by atoms with Gasteiger partial charge in [-0.1, -0.05) is 12.8 Å². The number of likely N-dealkylation sites (N-methyl/N-ethyl adjacent to an activating group) is 1. The van der Waals surface area contributed by atoms with Crippen LogP contribution >= 0.6 is 11.8 Å². The molecule has 0 aromatic carbocycles. The lowest BCUT2D eigenvalue weighted by atomic mass is 10.2. The van der Waals surface area contributed by atoms with Crippen LogP contribution in [-0.2, 0) is 4.79 Å². The van der Waals surface area contributed by atoms with E-state index in [1.165, 1.54) is 25.7 Å². The van der Waals surface area contributed by atoms with Gasteiger partial charge in [-0.15, -0.1) is 0 Å². The molecule has 0 radical (unpaired) electrons. The van der Waals surface area contributed by atoms with Crippen molar-refractivity contribution in [2.24, 2.45) is 0 Å². The van der Waals surface area contributed by atoms with E-state index in [4.69, 9.17) is 5.11 Å². The maximum Gasteiger partial charge on any atom is 0.326 e. The third-order valence-electron chi connectivity index (χ3n) is 3.91. The first-order valence-corrected chi connectivity index (χ1v) is 8.90. The Balaban J connectivity index is 2.20. The molecule has 2 amide bonds. The Labute approximate surface area is 131 Å². The first-order chi connectivity index (χ1) is 10.0. The monoisotopic (exact) mass is 317 g/mol. The van der Waals surface area contributed by atoms with Crippen molar-refractivity contribution >= 4 is 23.8 Å². The van der Waals surface area contributed by atoms with Crippen LogP contribution in [0.3, 0.4) is 0 Å². The Hall–Kier alpha value is -0.950. The summed E-state index contributed by atoms with van der Waals surface area (Å²) in [5.74, 6) is -0.274. The first kappa shape index (κ1) is 18.1. The minimum Gasteiger partial charge on any atom is -0.480 e. The average molecular weight is 317 g/mol. The van der Waals surface area contributed by atoms with Gasteiger partial charge in [0.1, 0.15) is 6.04 Å². The quantitative estimate of drug-likeness (QED) is 0.598. The predicted octanol–water partition coefficient (Wildman–Crippen LogP) is 1.37. The summed E-state index contributed by atoms with van der Waals surface area (Å²) in [5, 5.41) is 14.3. The van der Waals surface area contributed by atoms with Gasteiger partial charge in [0.05, 0.1) is 0 Å². The second kappa shape index (κ2) is 9.89. The fraction of sp³-hybridized carbons (Fsp3) is 0.857. The fourth-order valence-electron chi connectivity index (χ4n) is 2.58. The molecule has 0 bridgehead atoms. The highest BCUT2D eigenvalue weighted by molar-refractivity contribution is 7.98. The molecule has 1 fully saturated rings. The molecule has 1 rings (SSSR count). The molecule has 122 valence electrons. The Morgan fingerprint density at radius 1 is 1.38 bits per heavy atom. The van der Waals surface area contributed by atoms with E-state index < -0.39 is 18.0 Å². The first-order valence-electron chi connectivity index (χ1n) is 7.51. The Kier molecular flexibility index (Phi) is 8.52. The molecule has 1 aliphatic rings. The Morgan fingerprint density at radius 3 is 2.62 bits per heavy atom. The van der Waals surface area contributed by atoms with E-state index in [9.17, 15) is 9.59 Å². The molecule has 0 spiro atoms. The van der Waals surface area contributed by atoms with Crippen molar-refractivity contribution in [2.45, 2.75) is 44.2 Å². The van der Waals surface area contributed by atoms with Gasteiger partial charge in [0.25, 0.3) is 0 Å².